The van der Waals surface area contributed by atoms with Crippen LogP contribution in [-0.2, 0) is 17.8 Å². The van der Waals surface area contributed by atoms with Gasteiger partial charge in [-0.2, -0.15) is 4.98 Å². The van der Waals surface area contributed by atoms with Crippen molar-refractivity contribution in [2.75, 3.05) is 19.6 Å². The highest BCUT2D eigenvalue weighted by molar-refractivity contribution is 6.30. The van der Waals surface area contributed by atoms with E-state index in [0.29, 0.717) is 31.3 Å². The number of aromatic nitrogens is 2. The zero-order chi connectivity index (χ0) is 22.3. The first-order chi connectivity index (χ1) is 15.6. The normalized spacial score (nSPS) is 16.8. The average Bonchev–Trinajstić information content (AvgIpc) is 3.26. The molecule has 0 saturated carbocycles. The van der Waals surface area contributed by atoms with E-state index in [1.54, 1.807) is 0 Å². The monoisotopic (exact) mass is 452 g/mol. The number of benzene rings is 2. The van der Waals surface area contributed by atoms with Gasteiger partial charge in [-0.15, -0.1) is 0 Å². The van der Waals surface area contributed by atoms with Crippen LogP contribution in [0.5, 0.6) is 0 Å². The zero-order valence-electron chi connectivity index (χ0n) is 18.4. The van der Waals surface area contributed by atoms with Gasteiger partial charge in [0.05, 0.1) is 12.5 Å². The van der Waals surface area contributed by atoms with Crippen LogP contribution in [0.3, 0.4) is 0 Å². The van der Waals surface area contributed by atoms with Crippen LogP contribution >= 0.6 is 11.6 Å². The maximum atomic E-state index is 12.7. The first kappa shape index (κ1) is 22.5. The molecular weight excluding hydrogens is 424 g/mol. The number of rotatable bonds is 8. The number of hydrogen-bond donors (Lipinski definition) is 1. The van der Waals surface area contributed by atoms with Gasteiger partial charge in [-0.25, -0.2) is 0 Å². The van der Waals surface area contributed by atoms with Crippen LogP contribution < -0.4 is 5.32 Å². The molecule has 3 aromatic rings. The molecule has 32 heavy (non-hydrogen) atoms. The second kappa shape index (κ2) is 10.7. The lowest BCUT2D eigenvalue weighted by Crippen LogP contribution is -2.43. The molecule has 1 aliphatic heterocycles. The number of nitrogens with one attached hydrogen (secondary N) is 1. The standard InChI is InChI=1S/C25H29ClN4O2/c1-18-6-2-3-9-22(18)24-28-23(32-29-24)17-30-15-5-8-20(16-30)25(31)27-14-4-7-19-10-12-21(26)13-11-19/h2-3,6,9-13,20H,4-5,7-8,14-17H2,1H3,(H,27,31). The summed E-state index contributed by atoms with van der Waals surface area (Å²) >= 11 is 5.92. The van der Waals surface area contributed by atoms with E-state index < -0.39 is 0 Å². The van der Waals surface area contributed by atoms with Crippen LogP contribution in [-0.4, -0.2) is 40.6 Å². The van der Waals surface area contributed by atoms with E-state index in [4.69, 9.17) is 16.1 Å². The molecule has 6 nitrogen and oxygen atoms in total. The SMILES string of the molecule is Cc1ccccc1-c1noc(CN2CCCC(C(=O)NCCCc3ccc(Cl)cc3)C2)n1. The number of carbonyl (C=O) groups is 1. The lowest BCUT2D eigenvalue weighted by atomic mass is 9.97. The smallest absolute Gasteiger partial charge is 0.241 e. The molecule has 0 spiro atoms. The van der Waals surface area contributed by atoms with E-state index in [-0.39, 0.29) is 11.8 Å². The summed E-state index contributed by atoms with van der Waals surface area (Å²) in [5, 5.41) is 8.00. The molecule has 1 aromatic heterocycles. The van der Waals surface area contributed by atoms with Crippen LogP contribution in [0, 0.1) is 12.8 Å². The topological polar surface area (TPSA) is 71.3 Å². The molecule has 1 atom stereocenters. The van der Waals surface area contributed by atoms with E-state index in [9.17, 15) is 4.79 Å². The van der Waals surface area contributed by atoms with Crippen LogP contribution in [0.15, 0.2) is 53.1 Å². The van der Waals surface area contributed by atoms with Crippen molar-refractivity contribution >= 4 is 17.5 Å². The maximum absolute atomic E-state index is 12.7. The van der Waals surface area contributed by atoms with Crippen LogP contribution in [0.25, 0.3) is 11.4 Å². The van der Waals surface area contributed by atoms with Crippen LogP contribution in [0.1, 0.15) is 36.3 Å². The molecule has 2 heterocycles. The number of halogens is 1. The Labute approximate surface area is 194 Å². The molecule has 0 radical (unpaired) electrons. The molecule has 7 heteroatoms. The Kier molecular flexibility index (Phi) is 7.55. The molecule has 1 aliphatic rings. The number of aryl methyl sites for hydroxylation is 2. The number of likely N-dealkylation sites (tertiary alicyclic amines) is 1. The van der Waals surface area contributed by atoms with E-state index in [0.717, 1.165) is 48.4 Å². The fourth-order valence-corrected chi connectivity index (χ4v) is 4.28. The van der Waals surface area contributed by atoms with Crippen molar-refractivity contribution in [1.82, 2.24) is 20.4 Å². The van der Waals surface area contributed by atoms with Gasteiger partial charge in [0.25, 0.3) is 0 Å². The summed E-state index contributed by atoms with van der Waals surface area (Å²) in [6.45, 7) is 4.93. The third kappa shape index (κ3) is 5.96. The summed E-state index contributed by atoms with van der Waals surface area (Å²) in [6, 6.07) is 15.9. The third-order valence-electron chi connectivity index (χ3n) is 5.94. The van der Waals surface area contributed by atoms with Crippen LogP contribution in [0.4, 0.5) is 0 Å². The molecule has 1 amide bonds. The summed E-state index contributed by atoms with van der Waals surface area (Å²) in [4.78, 5) is 19.5. The Bertz CT molecular complexity index is 1030. The number of hydrogen-bond acceptors (Lipinski definition) is 5. The molecule has 4 rings (SSSR count). The van der Waals surface area contributed by atoms with Crippen LogP contribution in [0.2, 0.25) is 5.02 Å². The largest absolute Gasteiger partial charge is 0.356 e. The number of nitrogens with zero attached hydrogens (tertiary/aromatic N) is 3. The second-order valence-electron chi connectivity index (χ2n) is 8.42. The highest BCUT2D eigenvalue weighted by atomic mass is 35.5. The predicted molar refractivity (Wildman–Crippen MR) is 125 cm³/mol. The predicted octanol–water partition coefficient (Wildman–Crippen LogP) is 4.66. The highest BCUT2D eigenvalue weighted by Gasteiger charge is 2.26. The van der Waals surface area contributed by atoms with Gasteiger partial charge < -0.3 is 9.84 Å². The first-order valence-corrected chi connectivity index (χ1v) is 11.6. The van der Waals surface area contributed by atoms with Gasteiger partial charge >= 0.3 is 0 Å². The van der Waals surface area contributed by atoms with Gasteiger partial charge in [-0.1, -0.05) is 53.2 Å². The van der Waals surface area contributed by atoms with Gasteiger partial charge in [-0.3, -0.25) is 9.69 Å². The molecular formula is C25H29ClN4O2. The molecule has 0 aliphatic carbocycles. The summed E-state index contributed by atoms with van der Waals surface area (Å²) < 4.78 is 5.49. The lowest BCUT2D eigenvalue weighted by Gasteiger charge is -2.30. The Morgan fingerprint density at radius 2 is 2.03 bits per heavy atom. The van der Waals surface area contributed by atoms with Crippen molar-refractivity contribution in [1.29, 1.82) is 0 Å². The maximum Gasteiger partial charge on any atom is 0.241 e. The molecule has 2 aromatic carbocycles. The van der Waals surface area contributed by atoms with Crippen molar-refractivity contribution < 1.29 is 9.32 Å². The molecule has 0 bridgehead atoms. The van der Waals surface area contributed by atoms with Crippen molar-refractivity contribution in [2.45, 2.75) is 39.2 Å². The van der Waals surface area contributed by atoms with Gasteiger partial charge in [0, 0.05) is 23.7 Å². The van der Waals surface area contributed by atoms with Crippen molar-refractivity contribution in [2.24, 2.45) is 5.92 Å². The van der Waals surface area contributed by atoms with Gasteiger partial charge in [-0.05, 0) is 62.4 Å². The van der Waals surface area contributed by atoms with Crippen molar-refractivity contribution in [3.8, 4) is 11.4 Å². The Morgan fingerprint density at radius 1 is 1.22 bits per heavy atom. The quantitative estimate of drug-likeness (QED) is 0.503. The molecule has 1 fully saturated rings. The van der Waals surface area contributed by atoms with Crippen molar-refractivity contribution in [3.63, 3.8) is 0 Å². The zero-order valence-corrected chi connectivity index (χ0v) is 19.1. The summed E-state index contributed by atoms with van der Waals surface area (Å²) in [5.74, 6) is 1.34. The highest BCUT2D eigenvalue weighted by Crippen LogP contribution is 2.22. The van der Waals surface area contributed by atoms with E-state index in [2.05, 4.69) is 20.4 Å². The van der Waals surface area contributed by atoms with Gasteiger partial charge in [0.1, 0.15) is 0 Å². The summed E-state index contributed by atoms with van der Waals surface area (Å²) in [5.41, 5.74) is 3.33. The summed E-state index contributed by atoms with van der Waals surface area (Å²) in [6.07, 6.45) is 3.74. The fraction of sp³-hybridized carbons (Fsp3) is 0.400. The van der Waals surface area contributed by atoms with Crippen molar-refractivity contribution in [3.05, 3.63) is 70.6 Å². The van der Waals surface area contributed by atoms with Gasteiger partial charge in [0.2, 0.25) is 17.6 Å². The second-order valence-corrected chi connectivity index (χ2v) is 8.86. The average molecular weight is 453 g/mol. The number of amides is 1. The van der Waals surface area contributed by atoms with E-state index >= 15 is 0 Å². The van der Waals surface area contributed by atoms with Gasteiger partial charge in [0.15, 0.2) is 0 Å². The third-order valence-corrected chi connectivity index (χ3v) is 6.20. The lowest BCUT2D eigenvalue weighted by molar-refractivity contribution is -0.126. The number of carbonyl (C=O) groups excluding carboxylic acids is 1. The molecule has 1 unspecified atom stereocenters. The molecule has 1 N–H and O–H groups in total. The van der Waals surface area contributed by atoms with E-state index in [1.807, 2.05) is 55.5 Å². The molecule has 168 valence electrons. The Hall–Kier alpha value is -2.70. The Balaban J connectivity index is 1.24. The molecule has 1 saturated heterocycles. The fourth-order valence-electron chi connectivity index (χ4n) is 4.16. The van der Waals surface area contributed by atoms with E-state index in [1.165, 1.54) is 5.56 Å². The minimum atomic E-state index is -0.00181. The minimum absolute atomic E-state index is 0.00181. The number of piperidine rings is 1. The first-order valence-electron chi connectivity index (χ1n) is 11.2. The Morgan fingerprint density at radius 3 is 2.84 bits per heavy atom. The minimum Gasteiger partial charge on any atom is -0.356 e. The summed E-state index contributed by atoms with van der Waals surface area (Å²) in [7, 11) is 0.